The maximum Gasteiger partial charge on any atom is 0.326 e. The summed E-state index contributed by atoms with van der Waals surface area (Å²) >= 11 is 6.19. The standard InChI is InChI=1S/C23H25ClN2O4/c1-14(2)12-20(23(29)30)26-22(28)19(13-17-6-4-5-7-18(17)24)25-21(27)16-10-8-15(3)9-11-16/h4-11,13-14,20H,12H2,1-3H3,(H,25,27)(H,26,28)(H,29,30)/b19-13+. The predicted octanol–water partition coefficient (Wildman–Crippen LogP) is 4.03. The number of benzene rings is 2. The van der Waals surface area contributed by atoms with Crippen LogP contribution in [0.4, 0.5) is 0 Å². The van der Waals surface area contributed by atoms with Crippen LogP contribution in [0.3, 0.4) is 0 Å². The van der Waals surface area contributed by atoms with Crippen molar-refractivity contribution in [2.75, 3.05) is 0 Å². The monoisotopic (exact) mass is 428 g/mol. The molecule has 0 spiro atoms. The summed E-state index contributed by atoms with van der Waals surface area (Å²) in [6, 6.07) is 12.6. The van der Waals surface area contributed by atoms with E-state index in [0.717, 1.165) is 5.56 Å². The lowest BCUT2D eigenvalue weighted by Gasteiger charge is -2.18. The van der Waals surface area contributed by atoms with Crippen molar-refractivity contribution < 1.29 is 19.5 Å². The molecule has 0 aliphatic carbocycles. The molecule has 1 atom stereocenters. The molecule has 0 aromatic heterocycles. The van der Waals surface area contributed by atoms with Gasteiger partial charge in [-0.1, -0.05) is 61.3 Å². The van der Waals surface area contributed by atoms with E-state index in [9.17, 15) is 19.5 Å². The molecule has 3 N–H and O–H groups in total. The van der Waals surface area contributed by atoms with Gasteiger partial charge in [0.2, 0.25) is 0 Å². The fraction of sp³-hybridized carbons (Fsp3) is 0.261. The Morgan fingerprint density at radius 2 is 1.70 bits per heavy atom. The van der Waals surface area contributed by atoms with E-state index < -0.39 is 23.8 Å². The van der Waals surface area contributed by atoms with Crippen LogP contribution in [0.15, 0.2) is 54.2 Å². The van der Waals surface area contributed by atoms with Crippen molar-refractivity contribution in [1.29, 1.82) is 0 Å². The second kappa shape index (κ2) is 10.6. The molecule has 0 aliphatic heterocycles. The molecule has 1 unspecified atom stereocenters. The quantitative estimate of drug-likeness (QED) is 0.553. The predicted molar refractivity (Wildman–Crippen MR) is 117 cm³/mol. The van der Waals surface area contributed by atoms with E-state index in [1.807, 2.05) is 20.8 Å². The Hall–Kier alpha value is -3.12. The molecule has 0 heterocycles. The molecule has 0 saturated carbocycles. The van der Waals surface area contributed by atoms with Crippen LogP contribution in [0.25, 0.3) is 6.08 Å². The van der Waals surface area contributed by atoms with Gasteiger partial charge in [-0.25, -0.2) is 4.79 Å². The van der Waals surface area contributed by atoms with Crippen molar-refractivity contribution >= 4 is 35.5 Å². The summed E-state index contributed by atoms with van der Waals surface area (Å²) in [5, 5.41) is 14.9. The Labute approximate surface area is 180 Å². The van der Waals surface area contributed by atoms with Gasteiger partial charge in [0.1, 0.15) is 11.7 Å². The lowest BCUT2D eigenvalue weighted by molar-refractivity contribution is -0.141. The molecule has 30 heavy (non-hydrogen) atoms. The SMILES string of the molecule is Cc1ccc(C(=O)N/C(=C/c2ccccc2Cl)C(=O)NC(CC(C)C)C(=O)O)cc1. The third-order valence-electron chi connectivity index (χ3n) is 4.32. The van der Waals surface area contributed by atoms with Gasteiger partial charge in [-0.3, -0.25) is 9.59 Å². The third-order valence-corrected chi connectivity index (χ3v) is 4.67. The minimum atomic E-state index is -1.14. The van der Waals surface area contributed by atoms with Gasteiger partial charge in [-0.05, 0) is 49.1 Å². The van der Waals surface area contributed by atoms with Gasteiger partial charge in [-0.15, -0.1) is 0 Å². The van der Waals surface area contributed by atoms with E-state index >= 15 is 0 Å². The second-order valence-electron chi connectivity index (χ2n) is 7.39. The minimum absolute atomic E-state index is 0.0598. The third kappa shape index (κ3) is 6.74. The number of halogens is 1. The Kier molecular flexibility index (Phi) is 8.18. The van der Waals surface area contributed by atoms with Crippen LogP contribution in [-0.4, -0.2) is 28.9 Å². The van der Waals surface area contributed by atoms with E-state index in [2.05, 4.69) is 10.6 Å². The molecule has 6 nitrogen and oxygen atoms in total. The van der Waals surface area contributed by atoms with E-state index in [4.69, 9.17) is 11.6 Å². The number of carboxylic acid groups (broad SMARTS) is 1. The molecular weight excluding hydrogens is 404 g/mol. The first kappa shape index (κ1) is 23.2. The molecule has 0 saturated heterocycles. The van der Waals surface area contributed by atoms with E-state index in [1.165, 1.54) is 6.08 Å². The van der Waals surface area contributed by atoms with Crippen LogP contribution in [0.2, 0.25) is 5.02 Å². The number of amides is 2. The van der Waals surface area contributed by atoms with Crippen molar-refractivity contribution in [2.24, 2.45) is 5.92 Å². The number of aryl methyl sites for hydroxylation is 1. The highest BCUT2D eigenvalue weighted by Crippen LogP contribution is 2.18. The number of aliphatic carboxylic acids is 1. The highest BCUT2D eigenvalue weighted by atomic mass is 35.5. The minimum Gasteiger partial charge on any atom is -0.480 e. The molecule has 2 aromatic carbocycles. The topological polar surface area (TPSA) is 95.5 Å². The Balaban J connectivity index is 2.34. The summed E-state index contributed by atoms with van der Waals surface area (Å²) in [7, 11) is 0. The summed E-state index contributed by atoms with van der Waals surface area (Å²) in [5.74, 6) is -2.27. The summed E-state index contributed by atoms with van der Waals surface area (Å²) in [4.78, 5) is 37.1. The fourth-order valence-corrected chi connectivity index (χ4v) is 2.92. The first-order chi connectivity index (χ1) is 14.2. The summed E-state index contributed by atoms with van der Waals surface area (Å²) in [5.41, 5.74) is 1.79. The van der Waals surface area contributed by atoms with Crippen LogP contribution < -0.4 is 10.6 Å². The van der Waals surface area contributed by atoms with Gasteiger partial charge in [0.05, 0.1) is 0 Å². The number of hydrogen-bond acceptors (Lipinski definition) is 3. The highest BCUT2D eigenvalue weighted by Gasteiger charge is 2.24. The maximum absolute atomic E-state index is 12.9. The van der Waals surface area contributed by atoms with Crippen LogP contribution in [0, 0.1) is 12.8 Å². The number of carbonyl (C=O) groups excluding carboxylic acids is 2. The molecular formula is C23H25ClN2O4. The molecule has 0 radical (unpaired) electrons. The molecule has 7 heteroatoms. The second-order valence-corrected chi connectivity index (χ2v) is 7.80. The van der Waals surface area contributed by atoms with Crippen molar-refractivity contribution in [1.82, 2.24) is 10.6 Å². The number of rotatable bonds is 8. The van der Waals surface area contributed by atoms with Crippen molar-refractivity contribution in [3.63, 3.8) is 0 Å². The molecule has 2 amide bonds. The average Bonchev–Trinajstić information content (AvgIpc) is 2.68. The van der Waals surface area contributed by atoms with E-state index in [0.29, 0.717) is 16.1 Å². The molecule has 2 aromatic rings. The van der Waals surface area contributed by atoms with Crippen LogP contribution >= 0.6 is 11.6 Å². The zero-order valence-electron chi connectivity index (χ0n) is 17.1. The zero-order chi connectivity index (χ0) is 22.3. The van der Waals surface area contributed by atoms with Gasteiger partial charge in [0.15, 0.2) is 0 Å². The van der Waals surface area contributed by atoms with E-state index in [1.54, 1.807) is 48.5 Å². The Bertz CT molecular complexity index is 952. The van der Waals surface area contributed by atoms with Gasteiger partial charge >= 0.3 is 5.97 Å². The normalized spacial score (nSPS) is 12.4. The molecule has 2 rings (SSSR count). The molecule has 0 bridgehead atoms. The zero-order valence-corrected chi connectivity index (χ0v) is 17.9. The Morgan fingerprint density at radius 3 is 2.27 bits per heavy atom. The van der Waals surface area contributed by atoms with Crippen molar-refractivity contribution in [3.8, 4) is 0 Å². The first-order valence-corrected chi connectivity index (χ1v) is 9.93. The average molecular weight is 429 g/mol. The van der Waals surface area contributed by atoms with Gasteiger partial charge < -0.3 is 15.7 Å². The van der Waals surface area contributed by atoms with Gasteiger partial charge in [-0.2, -0.15) is 0 Å². The highest BCUT2D eigenvalue weighted by molar-refractivity contribution is 6.32. The summed E-state index contributed by atoms with van der Waals surface area (Å²) in [6.07, 6.45) is 1.68. The van der Waals surface area contributed by atoms with Crippen LogP contribution in [0.1, 0.15) is 41.8 Å². The van der Waals surface area contributed by atoms with Crippen molar-refractivity contribution in [3.05, 3.63) is 75.9 Å². The number of hydrogen-bond donors (Lipinski definition) is 3. The Morgan fingerprint density at radius 1 is 1.07 bits per heavy atom. The lowest BCUT2D eigenvalue weighted by atomic mass is 10.0. The first-order valence-electron chi connectivity index (χ1n) is 9.55. The van der Waals surface area contributed by atoms with Gasteiger partial charge in [0, 0.05) is 10.6 Å². The number of nitrogens with one attached hydrogen (secondary N) is 2. The summed E-state index contributed by atoms with van der Waals surface area (Å²) < 4.78 is 0. The number of carbonyl (C=O) groups is 3. The largest absolute Gasteiger partial charge is 0.480 e. The van der Waals surface area contributed by atoms with Crippen molar-refractivity contribution in [2.45, 2.75) is 33.2 Å². The smallest absolute Gasteiger partial charge is 0.326 e. The van der Waals surface area contributed by atoms with Crippen LogP contribution in [0.5, 0.6) is 0 Å². The molecule has 0 fully saturated rings. The van der Waals surface area contributed by atoms with E-state index in [-0.39, 0.29) is 18.0 Å². The molecule has 158 valence electrons. The summed E-state index contributed by atoms with van der Waals surface area (Å²) in [6.45, 7) is 5.63. The maximum atomic E-state index is 12.9. The van der Waals surface area contributed by atoms with Gasteiger partial charge in [0.25, 0.3) is 11.8 Å². The lowest BCUT2D eigenvalue weighted by Crippen LogP contribution is -2.45. The fourth-order valence-electron chi connectivity index (χ4n) is 2.73. The molecule has 0 aliphatic rings. The number of carboxylic acids is 1. The van der Waals surface area contributed by atoms with Crippen LogP contribution in [-0.2, 0) is 9.59 Å².